The first-order valence-corrected chi connectivity index (χ1v) is 4.51. The number of hydrogen-bond donors (Lipinski definition) is 0. The predicted octanol–water partition coefficient (Wildman–Crippen LogP) is 2.05. The Labute approximate surface area is 69.1 Å². The Balaban J connectivity index is 2.39. The predicted molar refractivity (Wildman–Crippen MR) is 47.5 cm³/mol. The largest absolute Gasteiger partial charge is 0.299 e. The van der Waals surface area contributed by atoms with E-state index >= 15 is 0 Å². The van der Waals surface area contributed by atoms with Gasteiger partial charge in [0.15, 0.2) is 0 Å². The lowest BCUT2D eigenvalue weighted by atomic mass is 9.79. The van der Waals surface area contributed by atoms with E-state index in [2.05, 4.69) is 25.7 Å². The topological polar surface area (TPSA) is 3.24 Å². The van der Waals surface area contributed by atoms with Crippen LogP contribution < -0.4 is 0 Å². The van der Waals surface area contributed by atoms with E-state index in [1.54, 1.807) is 11.1 Å². The summed E-state index contributed by atoms with van der Waals surface area (Å²) in [5.41, 5.74) is 3.80. The van der Waals surface area contributed by atoms with Gasteiger partial charge >= 0.3 is 0 Å². The van der Waals surface area contributed by atoms with Crippen molar-refractivity contribution >= 4 is 0 Å². The summed E-state index contributed by atoms with van der Waals surface area (Å²) < 4.78 is 0. The summed E-state index contributed by atoms with van der Waals surface area (Å²) in [7, 11) is 0. The molecule has 0 aromatic rings. The van der Waals surface area contributed by atoms with Crippen LogP contribution in [0.25, 0.3) is 0 Å². The van der Waals surface area contributed by atoms with E-state index in [0.29, 0.717) is 5.41 Å². The fourth-order valence-electron chi connectivity index (χ4n) is 2.47. The average Bonchev–Trinajstić information content (AvgIpc) is 2.27. The van der Waals surface area contributed by atoms with Crippen molar-refractivity contribution in [2.24, 2.45) is 5.41 Å². The van der Waals surface area contributed by atoms with Gasteiger partial charge in [-0.25, -0.2) is 0 Å². The van der Waals surface area contributed by atoms with Crippen LogP contribution >= 0.6 is 0 Å². The molecular weight excluding hydrogens is 134 g/mol. The smallest absolute Gasteiger partial charge is 0.0193 e. The van der Waals surface area contributed by atoms with Crippen molar-refractivity contribution in [1.29, 1.82) is 0 Å². The van der Waals surface area contributed by atoms with Crippen LogP contribution in [0.3, 0.4) is 0 Å². The van der Waals surface area contributed by atoms with Crippen molar-refractivity contribution in [3.8, 4) is 0 Å². The maximum atomic E-state index is 2.57. The fourth-order valence-corrected chi connectivity index (χ4v) is 2.47. The minimum atomic E-state index is 0.530. The van der Waals surface area contributed by atoms with Crippen LogP contribution in [-0.4, -0.2) is 24.5 Å². The minimum Gasteiger partial charge on any atom is -0.299 e. The number of nitrogens with zero attached hydrogens (tertiary/aromatic N) is 1. The van der Waals surface area contributed by atoms with Gasteiger partial charge < -0.3 is 0 Å². The van der Waals surface area contributed by atoms with Gasteiger partial charge in [0, 0.05) is 18.5 Å². The first kappa shape index (κ1) is 7.35. The number of fused-ring (bicyclic) bond motifs is 2. The molecule has 0 aromatic carbocycles. The van der Waals surface area contributed by atoms with E-state index in [1.807, 2.05) is 0 Å². The molecule has 2 aliphatic rings. The maximum absolute atomic E-state index is 2.57. The quantitative estimate of drug-likeness (QED) is 0.479. The molecule has 2 heterocycles. The molecule has 2 rings (SSSR count). The second-order valence-electron chi connectivity index (χ2n) is 4.43. The van der Waals surface area contributed by atoms with Crippen LogP contribution in [0.15, 0.2) is 11.1 Å². The third kappa shape index (κ3) is 0.943. The minimum absolute atomic E-state index is 0.530. The Morgan fingerprint density at radius 1 is 1.36 bits per heavy atom. The Morgan fingerprint density at radius 2 is 2.09 bits per heavy atom. The Kier molecular flexibility index (Phi) is 1.40. The second-order valence-corrected chi connectivity index (χ2v) is 4.43. The zero-order chi connectivity index (χ0) is 8.06. The van der Waals surface area contributed by atoms with Gasteiger partial charge in [-0.3, -0.25) is 4.90 Å². The van der Waals surface area contributed by atoms with Gasteiger partial charge in [0.25, 0.3) is 0 Å². The molecule has 62 valence electrons. The SMILES string of the molecule is CC1=C(C)C2(C)CCN(C1)C2. The van der Waals surface area contributed by atoms with Crippen LogP contribution in [0.2, 0.25) is 0 Å². The number of rotatable bonds is 0. The highest BCUT2D eigenvalue weighted by Gasteiger charge is 2.39. The van der Waals surface area contributed by atoms with Crippen LogP contribution in [-0.2, 0) is 0 Å². The van der Waals surface area contributed by atoms with Crippen molar-refractivity contribution < 1.29 is 0 Å². The van der Waals surface area contributed by atoms with Crippen LogP contribution in [0, 0.1) is 5.41 Å². The molecule has 2 unspecified atom stereocenters. The highest BCUT2D eigenvalue weighted by Crippen LogP contribution is 2.42. The van der Waals surface area contributed by atoms with Gasteiger partial charge in [0.05, 0.1) is 0 Å². The second kappa shape index (κ2) is 2.10. The molecule has 1 fully saturated rings. The fraction of sp³-hybridized carbons (Fsp3) is 0.800. The van der Waals surface area contributed by atoms with E-state index in [1.165, 1.54) is 26.1 Å². The molecule has 2 atom stereocenters. The summed E-state index contributed by atoms with van der Waals surface area (Å²) in [5, 5.41) is 0. The van der Waals surface area contributed by atoms with Crippen LogP contribution in [0.4, 0.5) is 0 Å². The average molecular weight is 151 g/mol. The highest BCUT2D eigenvalue weighted by molar-refractivity contribution is 5.25. The maximum Gasteiger partial charge on any atom is 0.0193 e. The molecule has 0 aromatic heterocycles. The molecule has 0 N–H and O–H groups in total. The van der Waals surface area contributed by atoms with Crippen molar-refractivity contribution in [3.63, 3.8) is 0 Å². The molecule has 0 amide bonds. The standard InChI is InChI=1S/C10H17N/c1-8-6-11-5-4-10(3,7-11)9(8)2/h4-7H2,1-3H3. The van der Waals surface area contributed by atoms with Gasteiger partial charge in [0.1, 0.15) is 0 Å². The summed E-state index contributed by atoms with van der Waals surface area (Å²) in [6.07, 6.45) is 1.37. The molecular formula is C10H17N. The zero-order valence-corrected chi connectivity index (χ0v) is 7.78. The lowest BCUT2D eigenvalue weighted by Gasteiger charge is -2.33. The first-order valence-electron chi connectivity index (χ1n) is 4.51. The van der Waals surface area contributed by atoms with Gasteiger partial charge in [-0.15, -0.1) is 0 Å². The summed E-state index contributed by atoms with van der Waals surface area (Å²) in [6.45, 7) is 10.8. The lowest BCUT2D eigenvalue weighted by molar-refractivity contribution is 0.295. The summed E-state index contributed by atoms with van der Waals surface area (Å²) in [5.74, 6) is 0. The third-order valence-corrected chi connectivity index (χ3v) is 3.56. The summed E-state index contributed by atoms with van der Waals surface area (Å²) in [4.78, 5) is 2.57. The first-order chi connectivity index (χ1) is 5.12. The monoisotopic (exact) mass is 151 g/mol. The normalized spacial score (nSPS) is 43.4. The molecule has 0 saturated carbocycles. The molecule has 0 aliphatic carbocycles. The van der Waals surface area contributed by atoms with Gasteiger partial charge in [-0.2, -0.15) is 0 Å². The zero-order valence-electron chi connectivity index (χ0n) is 7.78. The van der Waals surface area contributed by atoms with E-state index in [0.717, 1.165) is 0 Å². The number of hydrogen-bond acceptors (Lipinski definition) is 1. The Hall–Kier alpha value is -0.300. The van der Waals surface area contributed by atoms with E-state index in [4.69, 9.17) is 0 Å². The highest BCUT2D eigenvalue weighted by atomic mass is 15.2. The van der Waals surface area contributed by atoms with Crippen molar-refractivity contribution in [2.75, 3.05) is 19.6 Å². The molecule has 1 heteroatoms. The summed E-state index contributed by atoms with van der Waals surface area (Å²) >= 11 is 0. The van der Waals surface area contributed by atoms with Crippen LogP contribution in [0.5, 0.6) is 0 Å². The molecule has 0 radical (unpaired) electrons. The van der Waals surface area contributed by atoms with Gasteiger partial charge in [-0.1, -0.05) is 18.1 Å². The van der Waals surface area contributed by atoms with Crippen molar-refractivity contribution in [3.05, 3.63) is 11.1 Å². The lowest BCUT2D eigenvalue weighted by Crippen LogP contribution is -2.33. The molecule has 11 heavy (non-hydrogen) atoms. The Morgan fingerprint density at radius 3 is 2.82 bits per heavy atom. The third-order valence-electron chi connectivity index (χ3n) is 3.56. The summed E-state index contributed by atoms with van der Waals surface area (Å²) in [6, 6.07) is 0. The Bertz CT molecular complexity index is 217. The van der Waals surface area contributed by atoms with Gasteiger partial charge in [-0.05, 0) is 26.8 Å². The van der Waals surface area contributed by atoms with E-state index < -0.39 is 0 Å². The van der Waals surface area contributed by atoms with Crippen molar-refractivity contribution in [1.82, 2.24) is 4.90 Å². The molecule has 2 bridgehead atoms. The molecule has 0 spiro atoms. The molecule has 1 nitrogen and oxygen atoms in total. The van der Waals surface area contributed by atoms with Crippen molar-refractivity contribution in [2.45, 2.75) is 27.2 Å². The van der Waals surface area contributed by atoms with E-state index in [9.17, 15) is 0 Å². The van der Waals surface area contributed by atoms with Gasteiger partial charge in [0.2, 0.25) is 0 Å². The molecule has 1 saturated heterocycles. The van der Waals surface area contributed by atoms with Crippen LogP contribution in [0.1, 0.15) is 27.2 Å². The van der Waals surface area contributed by atoms with E-state index in [-0.39, 0.29) is 0 Å². The molecule has 2 aliphatic heterocycles.